The van der Waals surface area contributed by atoms with Crippen LogP contribution in [0.25, 0.3) is 33.6 Å². The van der Waals surface area contributed by atoms with E-state index in [1.165, 1.54) is 0 Å². The molecule has 0 atom stereocenters. The molecule has 0 radical (unpaired) electrons. The molecule has 4 rings (SSSR count). The van der Waals surface area contributed by atoms with E-state index >= 15 is 0 Å². The lowest BCUT2D eigenvalue weighted by molar-refractivity contribution is 1.25. The molecule has 12 heteroatoms. The second kappa shape index (κ2) is 12.4. The zero-order chi connectivity index (χ0) is 33.5. The van der Waals surface area contributed by atoms with Gasteiger partial charge in [-0.25, -0.2) is 4.98 Å². The molecular weight excluding hydrogens is 576 g/mol. The number of pyridine rings is 1. The maximum atomic E-state index is 10.6. The lowest BCUT2D eigenvalue weighted by Gasteiger charge is -2.19. The number of hydrogen-bond acceptors (Lipinski definition) is 12. The molecule has 0 aliphatic carbocycles. The third-order valence-corrected chi connectivity index (χ3v) is 6.67. The van der Waals surface area contributed by atoms with E-state index in [1.807, 2.05) is 66.8 Å². The van der Waals surface area contributed by atoms with Gasteiger partial charge in [-0.2, -0.15) is 57.9 Å². The Hall–Kier alpha value is -8.80. The summed E-state index contributed by atoms with van der Waals surface area (Å²) in [6, 6.07) is 27.3. The van der Waals surface area contributed by atoms with Crippen molar-refractivity contribution in [3.8, 4) is 100 Å². The van der Waals surface area contributed by atoms with Gasteiger partial charge in [-0.15, -0.1) is 0 Å². The van der Waals surface area contributed by atoms with Crippen LogP contribution >= 0.6 is 0 Å². The van der Waals surface area contributed by atoms with Crippen LogP contribution in [0.15, 0.2) is 36.4 Å². The fourth-order valence-corrected chi connectivity index (χ4v) is 4.84. The van der Waals surface area contributed by atoms with Gasteiger partial charge >= 0.3 is 0 Å². The highest BCUT2D eigenvalue weighted by Gasteiger charge is 2.31. The predicted molar refractivity (Wildman–Crippen MR) is 152 cm³/mol. The summed E-state index contributed by atoms with van der Waals surface area (Å²) < 4.78 is 0. The summed E-state index contributed by atoms with van der Waals surface area (Å²) in [7, 11) is 0. The average Bonchev–Trinajstić information content (AvgIpc) is 3.11. The Kier molecular flexibility index (Phi) is 8.12. The maximum Gasteiger partial charge on any atom is 0.102 e. The maximum absolute atomic E-state index is 10.6. The predicted octanol–water partition coefficient (Wildman–Crippen LogP) is 4.67. The first kappa shape index (κ1) is 30.2. The molecule has 0 amide bonds. The van der Waals surface area contributed by atoms with Crippen LogP contribution in [0.1, 0.15) is 61.2 Å². The smallest absolute Gasteiger partial charge is 0.102 e. The minimum atomic E-state index is -0.471. The molecule has 0 aliphatic rings. The van der Waals surface area contributed by atoms with Crippen molar-refractivity contribution in [3.05, 3.63) is 97.6 Å². The van der Waals surface area contributed by atoms with Gasteiger partial charge in [-0.1, -0.05) is 0 Å². The van der Waals surface area contributed by atoms with Crippen molar-refractivity contribution in [2.45, 2.75) is 0 Å². The van der Waals surface area contributed by atoms with Crippen molar-refractivity contribution < 1.29 is 0 Å². The Morgan fingerprint density at radius 1 is 0.304 bits per heavy atom. The Morgan fingerprint density at radius 2 is 0.565 bits per heavy atom. The van der Waals surface area contributed by atoms with Gasteiger partial charge in [0.15, 0.2) is 0 Å². The minimum Gasteiger partial charge on any atom is -0.245 e. The summed E-state index contributed by atoms with van der Waals surface area (Å²) in [4.78, 5) is 4.50. The molecule has 0 bridgehead atoms. The first-order valence-electron chi connectivity index (χ1n) is 12.4. The highest BCUT2D eigenvalue weighted by atomic mass is 14.7. The van der Waals surface area contributed by atoms with Gasteiger partial charge in [0.25, 0.3) is 0 Å². The van der Waals surface area contributed by atoms with Crippen molar-refractivity contribution in [2.75, 3.05) is 0 Å². The van der Waals surface area contributed by atoms with Gasteiger partial charge in [0, 0.05) is 22.3 Å². The van der Waals surface area contributed by atoms with E-state index in [9.17, 15) is 57.9 Å². The number of nitriles is 11. The van der Waals surface area contributed by atoms with E-state index in [1.54, 1.807) is 0 Å². The molecule has 0 saturated heterocycles. The Labute approximate surface area is 260 Å². The number of benzene rings is 3. The summed E-state index contributed by atoms with van der Waals surface area (Å²) >= 11 is 0. The van der Waals surface area contributed by atoms with Crippen LogP contribution in [0.4, 0.5) is 0 Å². The van der Waals surface area contributed by atoms with Gasteiger partial charge in [0.05, 0.1) is 127 Å². The monoisotopic (exact) mass is 582 g/mol. The van der Waals surface area contributed by atoms with Crippen LogP contribution in [-0.4, -0.2) is 4.98 Å². The van der Waals surface area contributed by atoms with E-state index in [0.717, 1.165) is 36.4 Å². The number of aromatic nitrogens is 1. The first-order chi connectivity index (χ1) is 22.3. The number of rotatable bonds is 3. The van der Waals surface area contributed by atoms with Crippen LogP contribution in [0.3, 0.4) is 0 Å². The molecule has 12 nitrogen and oxygen atoms in total. The fourth-order valence-electron chi connectivity index (χ4n) is 4.84. The largest absolute Gasteiger partial charge is 0.245 e. The molecule has 46 heavy (non-hydrogen) atoms. The van der Waals surface area contributed by atoms with Crippen LogP contribution in [0, 0.1) is 125 Å². The standard InChI is InChI=1S/C34H6N12/c35-7-18-1-21(10-38)29(22(2-18)11-39)32-27(16-44)33(30-23(12-40)3-19(8-36)4-24(30)13-41)46-34(28(32)17-45)31-25(14-42)5-20(9-37)6-26(31)15-43/h1-6H. The minimum absolute atomic E-state index is 0.0688. The van der Waals surface area contributed by atoms with E-state index in [2.05, 4.69) is 4.98 Å². The van der Waals surface area contributed by atoms with Crippen molar-refractivity contribution in [1.82, 2.24) is 4.98 Å². The van der Waals surface area contributed by atoms with E-state index in [0.29, 0.717) is 0 Å². The molecule has 0 N–H and O–H groups in total. The van der Waals surface area contributed by atoms with Crippen molar-refractivity contribution in [2.24, 2.45) is 0 Å². The van der Waals surface area contributed by atoms with Crippen LogP contribution in [-0.2, 0) is 0 Å². The van der Waals surface area contributed by atoms with Crippen molar-refractivity contribution in [3.63, 3.8) is 0 Å². The summed E-state index contributed by atoms with van der Waals surface area (Å²) in [6.45, 7) is 0. The second-order valence-electron chi connectivity index (χ2n) is 9.00. The highest BCUT2D eigenvalue weighted by molar-refractivity contribution is 5.96. The van der Waals surface area contributed by atoms with Crippen molar-refractivity contribution in [1.29, 1.82) is 57.9 Å². The Balaban J connectivity index is 2.47. The third-order valence-electron chi connectivity index (χ3n) is 6.67. The van der Waals surface area contributed by atoms with E-state index in [-0.39, 0.29) is 72.3 Å². The molecule has 3 aromatic carbocycles. The zero-order valence-electron chi connectivity index (χ0n) is 22.8. The van der Waals surface area contributed by atoms with Crippen LogP contribution in [0.5, 0.6) is 0 Å². The molecule has 0 saturated carbocycles. The molecule has 0 spiro atoms. The molecule has 0 fully saturated rings. The highest BCUT2D eigenvalue weighted by Crippen LogP contribution is 2.44. The lowest BCUT2D eigenvalue weighted by atomic mass is 9.82. The molecule has 4 aromatic rings. The molecule has 202 valence electrons. The lowest BCUT2D eigenvalue weighted by Crippen LogP contribution is -2.08. The Bertz CT molecular complexity index is 2310. The third kappa shape index (κ3) is 4.74. The molecule has 1 aromatic heterocycles. The van der Waals surface area contributed by atoms with Gasteiger partial charge in [-0.3, -0.25) is 0 Å². The summed E-state index contributed by atoms with van der Waals surface area (Å²) in [5, 5.41) is 110. The van der Waals surface area contributed by atoms with Gasteiger partial charge in [-0.05, 0) is 36.4 Å². The first-order valence-corrected chi connectivity index (χ1v) is 12.4. The zero-order valence-corrected chi connectivity index (χ0v) is 22.8. The van der Waals surface area contributed by atoms with Gasteiger partial charge < -0.3 is 0 Å². The number of hydrogen-bond donors (Lipinski definition) is 0. The fraction of sp³-hybridized carbons (Fsp3) is 0. The Morgan fingerprint density at radius 3 is 0.783 bits per heavy atom. The quantitative estimate of drug-likeness (QED) is 0.318. The van der Waals surface area contributed by atoms with Crippen LogP contribution < -0.4 is 0 Å². The molecule has 0 unspecified atom stereocenters. The van der Waals surface area contributed by atoms with Gasteiger partial charge in [0.2, 0.25) is 0 Å². The molecule has 0 aliphatic heterocycles. The summed E-state index contributed by atoms with van der Waals surface area (Å²) in [5.41, 5.74) is -4.79. The summed E-state index contributed by atoms with van der Waals surface area (Å²) in [5.74, 6) is 0. The SMILES string of the molecule is N#Cc1cc(C#N)c(-c2nc(-c3c(C#N)cc(C#N)cc3C#N)c(C#N)c(-c3c(C#N)cc(C#N)cc3C#N)c2C#N)c(C#N)c1. The number of nitrogens with zero attached hydrogens (tertiary/aromatic N) is 12. The van der Waals surface area contributed by atoms with E-state index < -0.39 is 22.5 Å². The van der Waals surface area contributed by atoms with Gasteiger partial charge in [0.1, 0.15) is 12.1 Å². The second-order valence-corrected chi connectivity index (χ2v) is 9.00. The average molecular weight is 583 g/mol. The normalized spacial score (nSPS) is 9.07. The molecule has 1 heterocycles. The van der Waals surface area contributed by atoms with Crippen molar-refractivity contribution >= 4 is 0 Å². The summed E-state index contributed by atoms with van der Waals surface area (Å²) in [6.07, 6.45) is 0. The molecular formula is C34H6N12. The topological polar surface area (TPSA) is 275 Å². The van der Waals surface area contributed by atoms with E-state index in [4.69, 9.17) is 0 Å². The van der Waals surface area contributed by atoms with Crippen LogP contribution in [0.2, 0.25) is 0 Å².